The summed E-state index contributed by atoms with van der Waals surface area (Å²) < 4.78 is 5.10. The Morgan fingerprint density at radius 1 is 1.44 bits per heavy atom. The van der Waals surface area contributed by atoms with Crippen LogP contribution in [-0.2, 0) is 0 Å². The van der Waals surface area contributed by atoms with Gasteiger partial charge in [-0.2, -0.15) is 0 Å². The van der Waals surface area contributed by atoms with Gasteiger partial charge in [0.1, 0.15) is 5.58 Å². The molecule has 0 aliphatic carbocycles. The fraction of sp³-hybridized carbons (Fsp3) is 0.154. The van der Waals surface area contributed by atoms with Crippen LogP contribution >= 0.6 is 0 Å². The highest BCUT2D eigenvalue weighted by atomic mass is 16.4. The first-order valence-corrected chi connectivity index (χ1v) is 5.10. The Labute approximate surface area is 93.4 Å². The zero-order chi connectivity index (χ0) is 11.5. The number of hydrogen-bond donors (Lipinski definition) is 1. The lowest BCUT2D eigenvalue weighted by atomic mass is 10.1. The van der Waals surface area contributed by atoms with Gasteiger partial charge < -0.3 is 9.73 Å². The van der Waals surface area contributed by atoms with Gasteiger partial charge in [0, 0.05) is 23.7 Å². The lowest BCUT2D eigenvalue weighted by Gasteiger charge is -2.08. The minimum Gasteiger partial charge on any atom is -0.423 e. The standard InChI is InChI=1S/C13H13NO2/c1-3-6-14-11-8-10-4-5-13(15)16-12(10)7-9(11)2/h3-5,7-8,14H,1,6H2,2H3. The SMILES string of the molecule is C=CCNc1cc2ccc(=O)oc2cc1C. The molecule has 2 aromatic rings. The molecule has 0 spiro atoms. The number of benzene rings is 1. The quantitative estimate of drug-likeness (QED) is 0.632. The minimum absolute atomic E-state index is 0.321. The van der Waals surface area contributed by atoms with E-state index in [1.54, 1.807) is 12.1 Å². The molecule has 0 radical (unpaired) electrons. The molecule has 2 rings (SSSR count). The predicted octanol–water partition coefficient (Wildman–Crippen LogP) is 2.70. The van der Waals surface area contributed by atoms with E-state index in [2.05, 4.69) is 11.9 Å². The molecular formula is C13H13NO2. The van der Waals surface area contributed by atoms with Crippen molar-refractivity contribution in [1.29, 1.82) is 0 Å². The molecule has 0 atom stereocenters. The maximum Gasteiger partial charge on any atom is 0.336 e. The molecule has 0 saturated heterocycles. The topological polar surface area (TPSA) is 42.2 Å². The van der Waals surface area contributed by atoms with Gasteiger partial charge >= 0.3 is 5.63 Å². The third-order valence-corrected chi connectivity index (χ3v) is 2.40. The summed E-state index contributed by atoms with van der Waals surface area (Å²) in [5.41, 5.74) is 2.37. The van der Waals surface area contributed by atoms with E-state index in [0.29, 0.717) is 12.1 Å². The van der Waals surface area contributed by atoms with Crippen LogP contribution in [0.25, 0.3) is 11.0 Å². The Morgan fingerprint density at radius 3 is 3.00 bits per heavy atom. The Balaban J connectivity index is 2.53. The molecule has 16 heavy (non-hydrogen) atoms. The number of hydrogen-bond acceptors (Lipinski definition) is 3. The van der Waals surface area contributed by atoms with E-state index in [0.717, 1.165) is 16.6 Å². The Hall–Kier alpha value is -2.03. The van der Waals surface area contributed by atoms with Crippen molar-refractivity contribution in [2.45, 2.75) is 6.92 Å². The summed E-state index contributed by atoms with van der Waals surface area (Å²) in [6.45, 7) is 6.34. The maximum absolute atomic E-state index is 11.1. The highest BCUT2D eigenvalue weighted by Gasteiger charge is 2.02. The van der Waals surface area contributed by atoms with Crippen LogP contribution < -0.4 is 10.9 Å². The predicted molar refractivity (Wildman–Crippen MR) is 65.9 cm³/mol. The number of anilines is 1. The van der Waals surface area contributed by atoms with Crippen molar-refractivity contribution >= 4 is 16.7 Å². The van der Waals surface area contributed by atoms with Crippen LogP contribution in [-0.4, -0.2) is 6.54 Å². The number of rotatable bonds is 3. The van der Waals surface area contributed by atoms with E-state index in [1.807, 2.05) is 19.1 Å². The van der Waals surface area contributed by atoms with Crippen LogP contribution in [0.3, 0.4) is 0 Å². The second-order valence-electron chi connectivity index (χ2n) is 3.63. The van der Waals surface area contributed by atoms with E-state index in [4.69, 9.17) is 4.42 Å². The van der Waals surface area contributed by atoms with Crippen LogP contribution in [0, 0.1) is 6.92 Å². The Kier molecular flexibility index (Phi) is 2.77. The second kappa shape index (κ2) is 4.23. The van der Waals surface area contributed by atoms with Crippen molar-refractivity contribution in [1.82, 2.24) is 0 Å². The molecule has 0 amide bonds. The van der Waals surface area contributed by atoms with Gasteiger partial charge in [-0.1, -0.05) is 6.08 Å². The van der Waals surface area contributed by atoms with Gasteiger partial charge in [0.2, 0.25) is 0 Å². The summed E-state index contributed by atoms with van der Waals surface area (Å²) in [5.74, 6) is 0. The van der Waals surface area contributed by atoms with Crippen molar-refractivity contribution in [3.8, 4) is 0 Å². The van der Waals surface area contributed by atoms with Crippen molar-refractivity contribution in [2.75, 3.05) is 11.9 Å². The van der Waals surface area contributed by atoms with Crippen molar-refractivity contribution in [3.63, 3.8) is 0 Å². The van der Waals surface area contributed by atoms with Crippen LogP contribution in [0.1, 0.15) is 5.56 Å². The first-order chi connectivity index (χ1) is 7.70. The van der Waals surface area contributed by atoms with Crippen molar-refractivity contribution in [2.24, 2.45) is 0 Å². The first kappa shape index (κ1) is 10.5. The second-order valence-corrected chi connectivity index (χ2v) is 3.63. The molecular weight excluding hydrogens is 202 g/mol. The fourth-order valence-electron chi connectivity index (χ4n) is 1.59. The summed E-state index contributed by atoms with van der Waals surface area (Å²) in [5, 5.41) is 4.15. The number of aryl methyl sites for hydroxylation is 1. The highest BCUT2D eigenvalue weighted by molar-refractivity contribution is 5.82. The third kappa shape index (κ3) is 1.98. The van der Waals surface area contributed by atoms with Gasteiger partial charge in [0.25, 0.3) is 0 Å². The molecule has 0 aliphatic rings. The summed E-state index contributed by atoms with van der Waals surface area (Å²) in [7, 11) is 0. The maximum atomic E-state index is 11.1. The third-order valence-electron chi connectivity index (χ3n) is 2.40. The van der Waals surface area contributed by atoms with E-state index < -0.39 is 0 Å². The molecule has 1 aromatic heterocycles. The largest absolute Gasteiger partial charge is 0.423 e. The molecule has 0 saturated carbocycles. The van der Waals surface area contributed by atoms with E-state index >= 15 is 0 Å². The summed E-state index contributed by atoms with van der Waals surface area (Å²) in [4.78, 5) is 11.1. The van der Waals surface area contributed by atoms with Crippen LogP contribution in [0.15, 0.2) is 46.1 Å². The molecule has 1 heterocycles. The van der Waals surface area contributed by atoms with Crippen molar-refractivity contribution < 1.29 is 4.42 Å². The molecule has 0 fully saturated rings. The monoisotopic (exact) mass is 215 g/mol. The zero-order valence-electron chi connectivity index (χ0n) is 9.12. The smallest absolute Gasteiger partial charge is 0.336 e. The Bertz CT molecular complexity index is 584. The van der Waals surface area contributed by atoms with Gasteiger partial charge in [-0.05, 0) is 30.7 Å². The summed E-state index contributed by atoms with van der Waals surface area (Å²) >= 11 is 0. The fourth-order valence-corrected chi connectivity index (χ4v) is 1.59. The summed E-state index contributed by atoms with van der Waals surface area (Å²) in [6, 6.07) is 7.02. The first-order valence-electron chi connectivity index (χ1n) is 5.10. The molecule has 1 N–H and O–H groups in total. The van der Waals surface area contributed by atoms with E-state index in [1.165, 1.54) is 6.07 Å². The average molecular weight is 215 g/mol. The molecule has 3 heteroatoms. The van der Waals surface area contributed by atoms with Crippen molar-refractivity contribution in [3.05, 3.63) is 52.9 Å². The molecule has 0 bridgehead atoms. The zero-order valence-corrected chi connectivity index (χ0v) is 9.12. The molecule has 0 aliphatic heterocycles. The van der Waals surface area contributed by atoms with Crippen LogP contribution in [0.5, 0.6) is 0 Å². The lowest BCUT2D eigenvalue weighted by Crippen LogP contribution is -2.01. The van der Waals surface area contributed by atoms with Crippen LogP contribution in [0.4, 0.5) is 5.69 Å². The van der Waals surface area contributed by atoms with E-state index in [-0.39, 0.29) is 5.63 Å². The molecule has 3 nitrogen and oxygen atoms in total. The lowest BCUT2D eigenvalue weighted by molar-refractivity contribution is 0.561. The van der Waals surface area contributed by atoms with Gasteiger partial charge in [0.05, 0.1) is 0 Å². The number of nitrogens with one attached hydrogen (secondary N) is 1. The minimum atomic E-state index is -0.321. The van der Waals surface area contributed by atoms with E-state index in [9.17, 15) is 4.79 Å². The van der Waals surface area contributed by atoms with Gasteiger partial charge in [-0.15, -0.1) is 6.58 Å². The summed E-state index contributed by atoms with van der Waals surface area (Å²) in [6.07, 6.45) is 1.80. The molecule has 1 aromatic carbocycles. The number of fused-ring (bicyclic) bond motifs is 1. The van der Waals surface area contributed by atoms with Crippen LogP contribution in [0.2, 0.25) is 0 Å². The average Bonchev–Trinajstić information content (AvgIpc) is 2.26. The van der Waals surface area contributed by atoms with Gasteiger partial charge in [0.15, 0.2) is 0 Å². The highest BCUT2D eigenvalue weighted by Crippen LogP contribution is 2.22. The van der Waals surface area contributed by atoms with Gasteiger partial charge in [-0.25, -0.2) is 4.79 Å². The Morgan fingerprint density at radius 2 is 2.25 bits per heavy atom. The van der Waals surface area contributed by atoms with Gasteiger partial charge in [-0.3, -0.25) is 0 Å². The molecule has 0 unspecified atom stereocenters. The molecule has 82 valence electrons. The normalized spacial score (nSPS) is 10.3.